The van der Waals surface area contributed by atoms with Crippen LogP contribution in [0.5, 0.6) is 0 Å². The van der Waals surface area contributed by atoms with E-state index >= 15 is 0 Å². The molecule has 0 aliphatic rings. The van der Waals surface area contributed by atoms with E-state index in [-0.39, 0.29) is 17.9 Å². The predicted octanol–water partition coefficient (Wildman–Crippen LogP) is 2.85. The molecule has 0 fully saturated rings. The molecular formula is C13H12ClN3O3S. The van der Waals surface area contributed by atoms with Crippen LogP contribution in [0.2, 0.25) is 5.02 Å². The fourth-order valence-corrected chi connectivity index (χ4v) is 2.54. The summed E-state index contributed by atoms with van der Waals surface area (Å²) in [5, 5.41) is 13.8. The molecule has 0 spiro atoms. The van der Waals surface area contributed by atoms with Crippen molar-refractivity contribution in [3.8, 4) is 0 Å². The number of carbonyl (C=O) groups excluding carboxylic acids is 1. The van der Waals surface area contributed by atoms with Crippen molar-refractivity contribution in [1.29, 1.82) is 0 Å². The maximum Gasteiger partial charge on any atom is 0.303 e. The molecule has 110 valence electrons. The Balaban J connectivity index is 1.95. The molecule has 2 heterocycles. The van der Waals surface area contributed by atoms with Gasteiger partial charge in [0.25, 0.3) is 5.91 Å². The molecule has 0 aliphatic heterocycles. The molecule has 2 aromatic rings. The first-order valence-corrected chi connectivity index (χ1v) is 7.39. The van der Waals surface area contributed by atoms with Gasteiger partial charge >= 0.3 is 5.97 Å². The number of nitrogens with zero attached hydrogens (tertiary/aromatic N) is 2. The maximum absolute atomic E-state index is 12.0. The Morgan fingerprint density at radius 2 is 2.24 bits per heavy atom. The van der Waals surface area contributed by atoms with Crippen LogP contribution in [0.4, 0.5) is 5.13 Å². The lowest BCUT2D eigenvalue weighted by molar-refractivity contribution is -0.137. The van der Waals surface area contributed by atoms with Crippen LogP contribution in [0.3, 0.4) is 0 Å². The highest BCUT2D eigenvalue weighted by atomic mass is 35.5. The van der Waals surface area contributed by atoms with Gasteiger partial charge in [-0.3, -0.25) is 19.9 Å². The monoisotopic (exact) mass is 325 g/mol. The quantitative estimate of drug-likeness (QED) is 0.852. The predicted molar refractivity (Wildman–Crippen MR) is 79.9 cm³/mol. The largest absolute Gasteiger partial charge is 0.481 e. The van der Waals surface area contributed by atoms with Crippen molar-refractivity contribution in [1.82, 2.24) is 9.97 Å². The number of carbonyl (C=O) groups is 2. The summed E-state index contributed by atoms with van der Waals surface area (Å²) in [5.41, 5.74) is 1.04. The highest BCUT2D eigenvalue weighted by Gasteiger charge is 2.12. The number of nitrogens with one attached hydrogen (secondary N) is 1. The minimum Gasteiger partial charge on any atom is -0.481 e. The molecule has 8 heteroatoms. The smallest absolute Gasteiger partial charge is 0.303 e. The molecule has 0 atom stereocenters. The first-order chi connectivity index (χ1) is 10.1. The summed E-state index contributed by atoms with van der Waals surface area (Å²) in [6.45, 7) is 0. The number of carboxylic acid groups (broad SMARTS) is 1. The van der Waals surface area contributed by atoms with Gasteiger partial charge < -0.3 is 5.11 Å². The van der Waals surface area contributed by atoms with Gasteiger partial charge in [-0.1, -0.05) is 11.6 Å². The van der Waals surface area contributed by atoms with Gasteiger partial charge in [-0.05, 0) is 18.9 Å². The van der Waals surface area contributed by atoms with E-state index < -0.39 is 5.97 Å². The first kappa shape index (κ1) is 15.4. The van der Waals surface area contributed by atoms with E-state index in [1.54, 1.807) is 5.38 Å². The van der Waals surface area contributed by atoms with Crippen molar-refractivity contribution in [3.63, 3.8) is 0 Å². The van der Waals surface area contributed by atoms with Crippen LogP contribution in [-0.4, -0.2) is 27.0 Å². The minimum atomic E-state index is -0.829. The molecule has 2 N–H and O–H groups in total. The van der Waals surface area contributed by atoms with Gasteiger partial charge in [0.15, 0.2) is 5.13 Å². The summed E-state index contributed by atoms with van der Waals surface area (Å²) in [4.78, 5) is 30.5. The summed E-state index contributed by atoms with van der Waals surface area (Å²) < 4.78 is 0. The second-order valence-corrected chi connectivity index (χ2v) is 5.47. The van der Waals surface area contributed by atoms with E-state index in [4.69, 9.17) is 16.7 Å². The molecule has 0 radical (unpaired) electrons. The molecule has 2 rings (SSSR count). The summed E-state index contributed by atoms with van der Waals surface area (Å²) >= 11 is 7.20. The zero-order valence-corrected chi connectivity index (χ0v) is 12.4. The SMILES string of the molecule is O=C(O)CCCc1csc(NC(=O)c2cnccc2Cl)n1. The molecule has 0 aromatic carbocycles. The zero-order chi connectivity index (χ0) is 15.2. The van der Waals surface area contributed by atoms with Crippen LogP contribution in [0, 0.1) is 0 Å². The molecule has 0 saturated carbocycles. The van der Waals surface area contributed by atoms with Gasteiger partial charge in [-0.2, -0.15) is 0 Å². The third-order valence-corrected chi connectivity index (χ3v) is 3.74. The number of aryl methyl sites for hydroxylation is 1. The minimum absolute atomic E-state index is 0.102. The zero-order valence-electron chi connectivity index (χ0n) is 10.9. The van der Waals surface area contributed by atoms with Crippen molar-refractivity contribution in [3.05, 3.63) is 40.1 Å². The normalized spacial score (nSPS) is 10.3. The highest BCUT2D eigenvalue weighted by molar-refractivity contribution is 7.14. The number of rotatable bonds is 6. The molecule has 1 amide bonds. The number of pyridine rings is 1. The van der Waals surface area contributed by atoms with Gasteiger partial charge in [0.2, 0.25) is 0 Å². The topological polar surface area (TPSA) is 92.2 Å². The fraction of sp³-hybridized carbons (Fsp3) is 0.231. The van der Waals surface area contributed by atoms with E-state index in [2.05, 4.69) is 15.3 Å². The van der Waals surface area contributed by atoms with Crippen LogP contribution >= 0.6 is 22.9 Å². The number of hydrogen-bond acceptors (Lipinski definition) is 5. The lowest BCUT2D eigenvalue weighted by Gasteiger charge is -2.02. The molecule has 6 nitrogen and oxygen atoms in total. The average molecular weight is 326 g/mol. The van der Waals surface area contributed by atoms with E-state index in [0.29, 0.717) is 23.0 Å². The van der Waals surface area contributed by atoms with Crippen LogP contribution in [0.15, 0.2) is 23.8 Å². The van der Waals surface area contributed by atoms with Gasteiger partial charge in [0.1, 0.15) is 0 Å². The number of aliphatic carboxylic acids is 1. The maximum atomic E-state index is 12.0. The Morgan fingerprint density at radius 3 is 2.95 bits per heavy atom. The lowest BCUT2D eigenvalue weighted by Crippen LogP contribution is -2.12. The standard InChI is InChI=1S/C13H12ClN3O3S/c14-10-4-5-15-6-9(10)12(20)17-13-16-8(7-21-13)2-1-3-11(18)19/h4-7H,1-3H2,(H,18,19)(H,16,17,20). The molecule has 21 heavy (non-hydrogen) atoms. The number of thiazole rings is 1. The lowest BCUT2D eigenvalue weighted by atomic mass is 10.2. The van der Waals surface area contributed by atoms with E-state index in [1.807, 2.05) is 0 Å². The third-order valence-electron chi connectivity index (χ3n) is 2.61. The van der Waals surface area contributed by atoms with Crippen LogP contribution in [0.1, 0.15) is 28.9 Å². The Morgan fingerprint density at radius 1 is 1.43 bits per heavy atom. The summed E-state index contributed by atoms with van der Waals surface area (Å²) in [6.07, 6.45) is 4.07. The van der Waals surface area contributed by atoms with Gasteiger partial charge in [-0.15, -0.1) is 11.3 Å². The van der Waals surface area contributed by atoms with Gasteiger partial charge in [-0.25, -0.2) is 4.98 Å². The Bertz CT molecular complexity index is 660. The van der Waals surface area contributed by atoms with Gasteiger partial charge in [0.05, 0.1) is 16.3 Å². The second kappa shape index (κ2) is 7.14. The molecular weight excluding hydrogens is 314 g/mol. The number of halogens is 1. The van der Waals surface area contributed by atoms with Crippen molar-refractivity contribution >= 4 is 39.9 Å². The van der Waals surface area contributed by atoms with Crippen molar-refractivity contribution < 1.29 is 14.7 Å². The molecule has 0 aliphatic carbocycles. The van der Waals surface area contributed by atoms with Crippen molar-refractivity contribution in [2.24, 2.45) is 0 Å². The summed E-state index contributed by atoms with van der Waals surface area (Å²) in [7, 11) is 0. The highest BCUT2D eigenvalue weighted by Crippen LogP contribution is 2.20. The number of carboxylic acids is 1. The summed E-state index contributed by atoms with van der Waals surface area (Å²) in [5.74, 6) is -1.20. The molecule has 2 aromatic heterocycles. The Hall–Kier alpha value is -1.99. The van der Waals surface area contributed by atoms with Crippen molar-refractivity contribution in [2.45, 2.75) is 19.3 Å². The molecule has 0 bridgehead atoms. The number of hydrogen-bond donors (Lipinski definition) is 2. The van der Waals surface area contributed by atoms with E-state index in [9.17, 15) is 9.59 Å². The first-order valence-electron chi connectivity index (χ1n) is 6.13. The van der Waals surface area contributed by atoms with Gasteiger partial charge in [0, 0.05) is 24.2 Å². The number of amides is 1. The molecule has 0 unspecified atom stereocenters. The Labute approximate surface area is 129 Å². The van der Waals surface area contributed by atoms with Crippen LogP contribution in [0.25, 0.3) is 0 Å². The van der Waals surface area contributed by atoms with Crippen LogP contribution in [-0.2, 0) is 11.2 Å². The number of anilines is 1. The van der Waals surface area contributed by atoms with E-state index in [0.717, 1.165) is 5.69 Å². The summed E-state index contributed by atoms with van der Waals surface area (Å²) in [6, 6.07) is 1.54. The fourth-order valence-electron chi connectivity index (χ4n) is 1.61. The van der Waals surface area contributed by atoms with Crippen molar-refractivity contribution in [2.75, 3.05) is 5.32 Å². The second-order valence-electron chi connectivity index (χ2n) is 4.20. The Kier molecular flexibility index (Phi) is 5.24. The van der Waals surface area contributed by atoms with E-state index in [1.165, 1.54) is 29.8 Å². The third kappa shape index (κ3) is 4.51. The number of aromatic nitrogens is 2. The average Bonchev–Trinajstić information content (AvgIpc) is 2.86. The van der Waals surface area contributed by atoms with Crippen LogP contribution < -0.4 is 5.32 Å². The molecule has 0 saturated heterocycles.